The van der Waals surface area contributed by atoms with Crippen LogP contribution in [0, 0.1) is 5.82 Å². The fraction of sp³-hybridized carbons (Fsp3) is 0.318. The molecule has 0 N–H and O–H groups in total. The summed E-state index contributed by atoms with van der Waals surface area (Å²) in [4.78, 5) is 14.6. The van der Waals surface area contributed by atoms with Gasteiger partial charge in [0, 0.05) is 18.8 Å². The fourth-order valence-corrected chi connectivity index (χ4v) is 4.38. The molecule has 1 aliphatic heterocycles. The average molecular weight is 411 g/mol. The first-order valence-corrected chi connectivity index (χ1v) is 10.9. The van der Waals surface area contributed by atoms with E-state index in [0.717, 1.165) is 31.6 Å². The minimum Gasteiger partial charge on any atom is -0.342 e. The molecule has 1 fully saturated rings. The molecule has 1 saturated heterocycles. The minimum absolute atomic E-state index is 0.118. The molecule has 0 atom stereocenters. The number of nitrogens with zero attached hydrogens (tertiary/aromatic N) is 4. The van der Waals surface area contributed by atoms with E-state index in [4.69, 9.17) is 0 Å². The Labute approximate surface area is 173 Å². The second kappa shape index (κ2) is 9.22. The summed E-state index contributed by atoms with van der Waals surface area (Å²) < 4.78 is 16.2. The third-order valence-corrected chi connectivity index (χ3v) is 5.96. The van der Waals surface area contributed by atoms with E-state index in [2.05, 4.69) is 10.2 Å². The number of carbonyl (C=O) groups is 1. The van der Waals surface area contributed by atoms with Gasteiger partial charge in [-0.1, -0.05) is 54.9 Å². The molecule has 1 amide bonds. The molecule has 4 rings (SSSR count). The molecule has 1 aromatic heterocycles. The van der Waals surface area contributed by atoms with E-state index in [-0.39, 0.29) is 11.7 Å². The molecule has 1 aliphatic rings. The molecule has 0 unspecified atom stereocenters. The van der Waals surface area contributed by atoms with Crippen molar-refractivity contribution >= 4 is 17.7 Å². The van der Waals surface area contributed by atoms with Crippen LogP contribution in [0.1, 0.15) is 25.7 Å². The summed E-state index contributed by atoms with van der Waals surface area (Å²) >= 11 is 1.35. The summed E-state index contributed by atoms with van der Waals surface area (Å²) in [5.41, 5.74) is 1.22. The second-order valence-electron chi connectivity index (χ2n) is 7.04. The van der Waals surface area contributed by atoms with Gasteiger partial charge < -0.3 is 4.90 Å². The lowest BCUT2D eigenvalue weighted by Gasteiger charge is -2.20. The average Bonchev–Trinajstić information content (AvgIpc) is 2.97. The normalized spacial score (nSPS) is 14.6. The number of para-hydroxylation sites is 1. The van der Waals surface area contributed by atoms with Crippen molar-refractivity contribution in [1.29, 1.82) is 0 Å². The van der Waals surface area contributed by atoms with Crippen LogP contribution in [0.25, 0.3) is 17.1 Å². The van der Waals surface area contributed by atoms with Gasteiger partial charge in [-0.25, -0.2) is 4.39 Å². The maximum absolute atomic E-state index is 14.4. The Hall–Kier alpha value is -2.67. The van der Waals surface area contributed by atoms with Crippen molar-refractivity contribution in [2.75, 3.05) is 18.8 Å². The van der Waals surface area contributed by atoms with E-state index in [1.165, 1.54) is 30.7 Å². The molecule has 3 aromatic rings. The smallest absolute Gasteiger partial charge is 0.233 e. The van der Waals surface area contributed by atoms with Gasteiger partial charge in [0.1, 0.15) is 5.82 Å². The highest BCUT2D eigenvalue weighted by molar-refractivity contribution is 7.99. The predicted molar refractivity (Wildman–Crippen MR) is 113 cm³/mol. The van der Waals surface area contributed by atoms with Crippen LogP contribution >= 0.6 is 11.8 Å². The fourth-order valence-electron chi connectivity index (χ4n) is 3.53. The van der Waals surface area contributed by atoms with Gasteiger partial charge in [0.25, 0.3) is 0 Å². The molecule has 29 heavy (non-hydrogen) atoms. The standard InChI is InChI=1S/C22H23FN4OS/c23-19-13-7-6-12-18(19)21-24-25-22(27(21)17-10-4-3-5-11-17)29-16-20(28)26-14-8-1-2-9-15-26/h3-7,10-13H,1-2,8-9,14-16H2. The van der Waals surface area contributed by atoms with Gasteiger partial charge >= 0.3 is 0 Å². The summed E-state index contributed by atoms with van der Waals surface area (Å²) in [5.74, 6) is 0.489. The zero-order valence-corrected chi connectivity index (χ0v) is 16.9. The number of thioether (sulfide) groups is 1. The van der Waals surface area contributed by atoms with Crippen LogP contribution in [0.2, 0.25) is 0 Å². The summed E-state index contributed by atoms with van der Waals surface area (Å²) in [7, 11) is 0. The van der Waals surface area contributed by atoms with Crippen LogP contribution < -0.4 is 0 Å². The molecule has 0 aliphatic carbocycles. The molecule has 2 aromatic carbocycles. The van der Waals surface area contributed by atoms with Gasteiger partial charge in [-0.3, -0.25) is 9.36 Å². The molecule has 0 bridgehead atoms. The van der Waals surface area contributed by atoms with Crippen LogP contribution in [0.15, 0.2) is 59.8 Å². The molecule has 0 saturated carbocycles. The van der Waals surface area contributed by atoms with Crippen LogP contribution in [0.3, 0.4) is 0 Å². The van der Waals surface area contributed by atoms with Gasteiger partial charge in [-0.15, -0.1) is 10.2 Å². The lowest BCUT2D eigenvalue weighted by Crippen LogP contribution is -2.33. The number of benzene rings is 2. The second-order valence-corrected chi connectivity index (χ2v) is 7.98. The van der Waals surface area contributed by atoms with Crippen molar-refractivity contribution in [1.82, 2.24) is 19.7 Å². The van der Waals surface area contributed by atoms with Gasteiger partial charge in [0.05, 0.1) is 11.3 Å². The number of rotatable bonds is 5. The van der Waals surface area contributed by atoms with Crippen molar-refractivity contribution in [3.63, 3.8) is 0 Å². The third kappa shape index (κ3) is 4.50. The summed E-state index contributed by atoms with van der Waals surface area (Å²) in [5, 5.41) is 9.12. The maximum atomic E-state index is 14.4. The summed E-state index contributed by atoms with van der Waals surface area (Å²) in [6.07, 6.45) is 4.50. The van der Waals surface area contributed by atoms with Crippen molar-refractivity contribution in [3.05, 3.63) is 60.4 Å². The van der Waals surface area contributed by atoms with E-state index >= 15 is 0 Å². The third-order valence-electron chi connectivity index (χ3n) is 5.05. The highest BCUT2D eigenvalue weighted by Crippen LogP contribution is 2.29. The Morgan fingerprint density at radius 3 is 2.34 bits per heavy atom. The number of hydrogen-bond donors (Lipinski definition) is 0. The van der Waals surface area contributed by atoms with Crippen molar-refractivity contribution in [2.24, 2.45) is 0 Å². The highest BCUT2D eigenvalue weighted by Gasteiger charge is 2.21. The van der Waals surface area contributed by atoms with Crippen molar-refractivity contribution in [2.45, 2.75) is 30.8 Å². The molecular formula is C22H23FN4OS. The molecular weight excluding hydrogens is 387 g/mol. The number of likely N-dealkylation sites (tertiary alicyclic amines) is 1. The van der Waals surface area contributed by atoms with Gasteiger partial charge in [-0.05, 0) is 37.1 Å². The van der Waals surface area contributed by atoms with Gasteiger partial charge in [0.15, 0.2) is 11.0 Å². The predicted octanol–water partition coefficient (Wildman–Crippen LogP) is 4.57. The summed E-state index contributed by atoms with van der Waals surface area (Å²) in [6, 6.07) is 16.1. The van der Waals surface area contributed by atoms with Crippen LogP contribution in [-0.4, -0.2) is 44.4 Å². The number of hydrogen-bond acceptors (Lipinski definition) is 4. The van der Waals surface area contributed by atoms with Crippen LogP contribution in [0.5, 0.6) is 0 Å². The first kappa shape index (κ1) is 19.6. The molecule has 7 heteroatoms. The number of halogens is 1. The van der Waals surface area contributed by atoms with Crippen molar-refractivity contribution < 1.29 is 9.18 Å². The Kier molecular flexibility index (Phi) is 6.24. The quantitative estimate of drug-likeness (QED) is 0.578. The zero-order valence-electron chi connectivity index (χ0n) is 16.1. The molecule has 150 valence electrons. The first-order chi connectivity index (χ1) is 14.2. The number of amides is 1. The lowest BCUT2D eigenvalue weighted by atomic mass is 10.2. The number of carbonyl (C=O) groups excluding carboxylic acids is 1. The Morgan fingerprint density at radius 1 is 0.931 bits per heavy atom. The number of aromatic nitrogens is 3. The van der Waals surface area contributed by atoms with Crippen molar-refractivity contribution in [3.8, 4) is 17.1 Å². The Morgan fingerprint density at radius 2 is 1.62 bits per heavy atom. The maximum Gasteiger partial charge on any atom is 0.233 e. The highest BCUT2D eigenvalue weighted by atomic mass is 32.2. The Balaban J connectivity index is 1.62. The molecule has 0 spiro atoms. The zero-order chi connectivity index (χ0) is 20.1. The largest absolute Gasteiger partial charge is 0.342 e. The van der Waals surface area contributed by atoms with E-state index in [9.17, 15) is 9.18 Å². The Bertz CT molecular complexity index is 968. The van der Waals surface area contributed by atoms with Crippen LogP contribution in [-0.2, 0) is 4.79 Å². The molecule has 0 radical (unpaired) electrons. The first-order valence-electron chi connectivity index (χ1n) is 9.90. The molecule has 2 heterocycles. The topological polar surface area (TPSA) is 51.0 Å². The molecule has 5 nitrogen and oxygen atoms in total. The van der Waals surface area contributed by atoms with Gasteiger partial charge in [-0.2, -0.15) is 0 Å². The van der Waals surface area contributed by atoms with E-state index in [0.29, 0.717) is 22.3 Å². The van der Waals surface area contributed by atoms with Gasteiger partial charge in [0.2, 0.25) is 5.91 Å². The summed E-state index contributed by atoms with van der Waals surface area (Å²) in [6.45, 7) is 1.65. The monoisotopic (exact) mass is 410 g/mol. The van der Waals surface area contributed by atoms with E-state index < -0.39 is 0 Å². The van der Waals surface area contributed by atoms with Crippen LogP contribution in [0.4, 0.5) is 4.39 Å². The SMILES string of the molecule is O=C(CSc1nnc(-c2ccccc2F)n1-c1ccccc1)N1CCCCCC1. The van der Waals surface area contributed by atoms with E-state index in [1.54, 1.807) is 18.2 Å². The minimum atomic E-state index is -0.353. The van der Waals surface area contributed by atoms with E-state index in [1.807, 2.05) is 39.8 Å². The lowest BCUT2D eigenvalue weighted by molar-refractivity contribution is -0.128.